The van der Waals surface area contributed by atoms with E-state index in [2.05, 4.69) is 4.72 Å². The molecule has 2 aromatic carbocycles. The number of benzene rings is 2. The first-order valence-electron chi connectivity index (χ1n) is 7.16. The van der Waals surface area contributed by atoms with Crippen LogP contribution >= 0.6 is 11.6 Å². The van der Waals surface area contributed by atoms with Crippen LogP contribution in [0.25, 0.3) is 0 Å². The van der Waals surface area contributed by atoms with Gasteiger partial charge >= 0.3 is 6.18 Å². The standard InChI is InChI=1S/C16H15ClF3NO4S/c1-24-14-6-4-11(8-15(14)25-2)26(22,23)21-9-10-3-5-13(17)12(7-10)16(18,19)20/h3-8,21H,9H2,1-2H3. The van der Waals surface area contributed by atoms with Crippen LogP contribution in [0, 0.1) is 0 Å². The van der Waals surface area contributed by atoms with Crippen LogP contribution < -0.4 is 14.2 Å². The van der Waals surface area contributed by atoms with Crippen LogP contribution in [0.5, 0.6) is 11.5 Å². The van der Waals surface area contributed by atoms with Crippen LogP contribution in [-0.2, 0) is 22.7 Å². The van der Waals surface area contributed by atoms with Gasteiger partial charge in [0.15, 0.2) is 11.5 Å². The maximum absolute atomic E-state index is 12.9. The van der Waals surface area contributed by atoms with Crippen molar-refractivity contribution in [3.63, 3.8) is 0 Å². The summed E-state index contributed by atoms with van der Waals surface area (Å²) in [5.41, 5.74) is -0.909. The quantitative estimate of drug-likeness (QED) is 0.787. The van der Waals surface area contributed by atoms with Crippen molar-refractivity contribution in [1.29, 1.82) is 0 Å². The van der Waals surface area contributed by atoms with E-state index in [9.17, 15) is 21.6 Å². The lowest BCUT2D eigenvalue weighted by atomic mass is 10.1. The number of alkyl halides is 3. The Morgan fingerprint density at radius 3 is 2.27 bits per heavy atom. The van der Waals surface area contributed by atoms with Crippen molar-refractivity contribution >= 4 is 21.6 Å². The maximum Gasteiger partial charge on any atom is 0.417 e. The van der Waals surface area contributed by atoms with Crippen LogP contribution in [0.2, 0.25) is 5.02 Å². The number of ether oxygens (including phenoxy) is 2. The smallest absolute Gasteiger partial charge is 0.417 e. The molecule has 0 aromatic heterocycles. The third kappa shape index (κ3) is 4.60. The summed E-state index contributed by atoms with van der Waals surface area (Å²) in [5.74, 6) is 0.556. The van der Waals surface area contributed by atoms with Gasteiger partial charge in [0.05, 0.1) is 29.7 Å². The molecule has 0 spiro atoms. The summed E-state index contributed by atoms with van der Waals surface area (Å²) in [6.45, 7) is -0.336. The van der Waals surface area contributed by atoms with Gasteiger partial charge in [0.2, 0.25) is 10.0 Å². The van der Waals surface area contributed by atoms with E-state index in [0.29, 0.717) is 5.75 Å². The molecular weight excluding hydrogens is 395 g/mol. The second-order valence-electron chi connectivity index (χ2n) is 5.15. The molecule has 0 bridgehead atoms. The van der Waals surface area contributed by atoms with Crippen LogP contribution in [-0.4, -0.2) is 22.6 Å². The highest BCUT2D eigenvalue weighted by molar-refractivity contribution is 7.89. The second-order valence-corrected chi connectivity index (χ2v) is 7.33. The Hall–Kier alpha value is -1.97. The zero-order valence-electron chi connectivity index (χ0n) is 13.7. The van der Waals surface area contributed by atoms with Gasteiger partial charge in [0.1, 0.15) is 0 Å². The molecule has 26 heavy (non-hydrogen) atoms. The number of methoxy groups -OCH3 is 2. The summed E-state index contributed by atoms with van der Waals surface area (Å²) < 4.78 is 75.7. The SMILES string of the molecule is COc1ccc(S(=O)(=O)NCc2ccc(Cl)c(C(F)(F)F)c2)cc1OC. The average molecular weight is 410 g/mol. The van der Waals surface area contributed by atoms with E-state index in [-0.39, 0.29) is 22.8 Å². The number of rotatable bonds is 6. The summed E-state index contributed by atoms with van der Waals surface area (Å²) in [7, 11) is -1.21. The van der Waals surface area contributed by atoms with Gasteiger partial charge < -0.3 is 9.47 Å². The molecule has 0 fully saturated rings. The highest BCUT2D eigenvalue weighted by Crippen LogP contribution is 2.35. The molecule has 0 unspecified atom stereocenters. The molecule has 5 nitrogen and oxygen atoms in total. The minimum atomic E-state index is -4.63. The third-order valence-electron chi connectivity index (χ3n) is 3.47. The molecule has 2 rings (SSSR count). The Balaban J connectivity index is 2.24. The van der Waals surface area contributed by atoms with Crippen molar-refractivity contribution < 1.29 is 31.1 Å². The normalized spacial score (nSPS) is 12.1. The number of nitrogens with one attached hydrogen (secondary N) is 1. The van der Waals surface area contributed by atoms with Crippen molar-refractivity contribution in [2.45, 2.75) is 17.6 Å². The summed E-state index contributed by atoms with van der Waals surface area (Å²) in [6.07, 6.45) is -4.63. The molecule has 142 valence electrons. The molecule has 0 aliphatic rings. The highest BCUT2D eigenvalue weighted by atomic mass is 35.5. The van der Waals surface area contributed by atoms with E-state index in [0.717, 1.165) is 12.1 Å². The maximum atomic E-state index is 12.9. The summed E-state index contributed by atoms with van der Waals surface area (Å²) in [5, 5.41) is -0.455. The van der Waals surface area contributed by atoms with E-state index in [1.54, 1.807) is 0 Å². The lowest BCUT2D eigenvalue weighted by Crippen LogP contribution is -2.23. The lowest BCUT2D eigenvalue weighted by Gasteiger charge is -2.13. The molecule has 0 radical (unpaired) electrons. The first-order chi connectivity index (χ1) is 12.1. The molecule has 0 aliphatic heterocycles. The minimum absolute atomic E-state index is 0.111. The van der Waals surface area contributed by atoms with Crippen LogP contribution in [0.1, 0.15) is 11.1 Å². The predicted molar refractivity (Wildman–Crippen MR) is 90.0 cm³/mol. The highest BCUT2D eigenvalue weighted by Gasteiger charge is 2.33. The van der Waals surface area contributed by atoms with Gasteiger partial charge in [-0.2, -0.15) is 13.2 Å². The van der Waals surface area contributed by atoms with E-state index >= 15 is 0 Å². The zero-order valence-corrected chi connectivity index (χ0v) is 15.3. The zero-order chi connectivity index (χ0) is 19.5. The summed E-state index contributed by atoms with van der Waals surface area (Å²) in [6, 6.07) is 7.16. The van der Waals surface area contributed by atoms with Gasteiger partial charge in [-0.25, -0.2) is 13.1 Å². The van der Waals surface area contributed by atoms with Crippen molar-refractivity contribution in [2.24, 2.45) is 0 Å². The topological polar surface area (TPSA) is 64.6 Å². The molecule has 2 aromatic rings. The average Bonchev–Trinajstić information content (AvgIpc) is 2.59. The van der Waals surface area contributed by atoms with E-state index in [1.807, 2.05) is 0 Å². The largest absolute Gasteiger partial charge is 0.493 e. The van der Waals surface area contributed by atoms with E-state index in [1.165, 1.54) is 38.5 Å². The predicted octanol–water partition coefficient (Wildman–Crippen LogP) is 3.85. The number of hydrogen-bond acceptors (Lipinski definition) is 4. The van der Waals surface area contributed by atoms with E-state index in [4.69, 9.17) is 21.1 Å². The molecule has 0 heterocycles. The molecule has 0 atom stereocenters. The molecular formula is C16H15ClF3NO4S. The minimum Gasteiger partial charge on any atom is -0.493 e. The van der Waals surface area contributed by atoms with Gasteiger partial charge in [-0.05, 0) is 29.8 Å². The molecule has 10 heteroatoms. The fourth-order valence-corrected chi connectivity index (χ4v) is 3.40. The summed E-state index contributed by atoms with van der Waals surface area (Å²) in [4.78, 5) is -0.111. The fraction of sp³-hybridized carbons (Fsp3) is 0.250. The molecule has 1 N–H and O–H groups in total. The number of sulfonamides is 1. The van der Waals surface area contributed by atoms with Gasteiger partial charge in [-0.3, -0.25) is 0 Å². The Morgan fingerprint density at radius 1 is 1.04 bits per heavy atom. The fourth-order valence-electron chi connectivity index (χ4n) is 2.15. The number of halogens is 4. The number of hydrogen-bond donors (Lipinski definition) is 1. The van der Waals surface area contributed by atoms with Gasteiger partial charge in [-0.1, -0.05) is 17.7 Å². The third-order valence-corrected chi connectivity index (χ3v) is 5.20. The van der Waals surface area contributed by atoms with Gasteiger partial charge in [0.25, 0.3) is 0 Å². The first kappa shape index (κ1) is 20.3. The van der Waals surface area contributed by atoms with Crippen molar-refractivity contribution in [1.82, 2.24) is 4.72 Å². The molecule has 0 amide bonds. The van der Waals surface area contributed by atoms with Gasteiger partial charge in [-0.15, -0.1) is 0 Å². The Bertz CT molecular complexity index is 901. The Labute approximate surface area is 153 Å². The molecule has 0 saturated carbocycles. The van der Waals surface area contributed by atoms with Crippen LogP contribution in [0.3, 0.4) is 0 Å². The lowest BCUT2D eigenvalue weighted by molar-refractivity contribution is -0.137. The van der Waals surface area contributed by atoms with E-state index < -0.39 is 26.8 Å². The molecule has 0 saturated heterocycles. The van der Waals surface area contributed by atoms with Crippen LogP contribution in [0.15, 0.2) is 41.3 Å². The Kier molecular flexibility index (Phi) is 6.05. The molecule has 0 aliphatic carbocycles. The Morgan fingerprint density at radius 2 is 1.69 bits per heavy atom. The van der Waals surface area contributed by atoms with Crippen molar-refractivity contribution in [2.75, 3.05) is 14.2 Å². The summed E-state index contributed by atoms with van der Waals surface area (Å²) >= 11 is 5.54. The van der Waals surface area contributed by atoms with Gasteiger partial charge in [0, 0.05) is 12.6 Å². The first-order valence-corrected chi connectivity index (χ1v) is 9.02. The van der Waals surface area contributed by atoms with Crippen molar-refractivity contribution in [3.05, 3.63) is 52.5 Å². The van der Waals surface area contributed by atoms with Crippen molar-refractivity contribution in [3.8, 4) is 11.5 Å². The van der Waals surface area contributed by atoms with Crippen LogP contribution in [0.4, 0.5) is 13.2 Å². The second kappa shape index (κ2) is 7.73. The monoisotopic (exact) mass is 409 g/mol.